The van der Waals surface area contributed by atoms with Gasteiger partial charge < -0.3 is 4.57 Å². The van der Waals surface area contributed by atoms with Crippen molar-refractivity contribution in [2.45, 2.75) is 13.5 Å². The lowest BCUT2D eigenvalue weighted by molar-refractivity contribution is 0.607. The molecule has 0 fully saturated rings. The monoisotopic (exact) mass is 348 g/mol. The van der Waals surface area contributed by atoms with Crippen LogP contribution in [0.5, 0.6) is 0 Å². The number of hydrogen-bond donors (Lipinski definition) is 1. The summed E-state index contributed by atoms with van der Waals surface area (Å²) < 4.78 is 27.5. The number of nitrogens with one attached hydrogen (secondary N) is 1. The zero-order valence-electron chi connectivity index (χ0n) is 12.9. The van der Waals surface area contributed by atoms with Gasteiger partial charge in [0.25, 0.3) is 0 Å². The Hall–Kier alpha value is -1.98. The maximum absolute atomic E-state index is 11.4. The van der Waals surface area contributed by atoms with E-state index >= 15 is 0 Å². The highest BCUT2D eigenvalue weighted by atomic mass is 35.5. The number of aryl methyl sites for hydroxylation is 1. The van der Waals surface area contributed by atoms with Gasteiger partial charge in [-0.05, 0) is 42.3 Å². The van der Waals surface area contributed by atoms with Crippen LogP contribution >= 0.6 is 11.6 Å². The van der Waals surface area contributed by atoms with Crippen molar-refractivity contribution in [1.29, 1.82) is 0 Å². The Kier molecular flexibility index (Phi) is 4.08. The van der Waals surface area contributed by atoms with Crippen molar-refractivity contribution in [1.82, 2.24) is 4.57 Å². The molecule has 0 spiro atoms. The van der Waals surface area contributed by atoms with Crippen LogP contribution in [0, 0.1) is 6.92 Å². The number of benzene rings is 2. The molecule has 0 aliphatic heterocycles. The Balaban J connectivity index is 2.02. The molecule has 0 unspecified atom stereocenters. The first-order valence-electron chi connectivity index (χ1n) is 7.13. The van der Waals surface area contributed by atoms with Gasteiger partial charge in [-0.3, -0.25) is 4.72 Å². The van der Waals surface area contributed by atoms with Gasteiger partial charge in [0.1, 0.15) is 0 Å². The van der Waals surface area contributed by atoms with Crippen molar-refractivity contribution >= 4 is 38.2 Å². The topological polar surface area (TPSA) is 51.1 Å². The summed E-state index contributed by atoms with van der Waals surface area (Å²) in [6.07, 6.45) is 3.22. The van der Waals surface area contributed by atoms with Crippen LogP contribution in [0.15, 0.2) is 48.7 Å². The molecule has 0 bridgehead atoms. The van der Waals surface area contributed by atoms with E-state index in [9.17, 15) is 8.42 Å². The van der Waals surface area contributed by atoms with E-state index in [1.165, 1.54) is 0 Å². The van der Waals surface area contributed by atoms with E-state index in [0.717, 1.165) is 28.3 Å². The quantitative estimate of drug-likeness (QED) is 0.774. The molecule has 120 valence electrons. The third-order valence-corrected chi connectivity index (χ3v) is 4.51. The number of anilines is 1. The number of halogens is 1. The zero-order valence-corrected chi connectivity index (χ0v) is 14.4. The Labute approximate surface area is 140 Å². The molecule has 4 nitrogen and oxygen atoms in total. The van der Waals surface area contributed by atoms with Crippen molar-refractivity contribution in [2.24, 2.45) is 0 Å². The van der Waals surface area contributed by atoms with Gasteiger partial charge in [0.15, 0.2) is 0 Å². The Morgan fingerprint density at radius 3 is 2.48 bits per heavy atom. The first-order valence-corrected chi connectivity index (χ1v) is 9.40. The lowest BCUT2D eigenvalue weighted by atomic mass is 10.2. The predicted octanol–water partition coefficient (Wildman–Crippen LogP) is 4.02. The summed E-state index contributed by atoms with van der Waals surface area (Å²) in [6, 6.07) is 13.3. The minimum absolute atomic E-state index is 0.565. The highest BCUT2D eigenvalue weighted by molar-refractivity contribution is 7.92. The van der Waals surface area contributed by atoms with Crippen molar-refractivity contribution in [3.8, 4) is 0 Å². The van der Waals surface area contributed by atoms with E-state index < -0.39 is 10.0 Å². The average molecular weight is 349 g/mol. The zero-order chi connectivity index (χ0) is 16.6. The fraction of sp³-hybridized carbons (Fsp3) is 0.176. The lowest BCUT2D eigenvalue weighted by Gasteiger charge is -2.08. The molecular formula is C17H17ClN2O2S. The molecule has 0 saturated carbocycles. The number of sulfonamides is 1. The van der Waals surface area contributed by atoms with Crippen LogP contribution in [0.2, 0.25) is 5.02 Å². The Morgan fingerprint density at radius 2 is 1.83 bits per heavy atom. The maximum atomic E-state index is 11.4. The predicted molar refractivity (Wildman–Crippen MR) is 95.7 cm³/mol. The molecule has 0 aliphatic rings. The molecule has 0 atom stereocenters. The number of fused-ring (bicyclic) bond motifs is 1. The van der Waals surface area contributed by atoms with Crippen molar-refractivity contribution < 1.29 is 8.42 Å². The van der Waals surface area contributed by atoms with Crippen LogP contribution in [-0.4, -0.2) is 19.2 Å². The molecule has 0 aliphatic carbocycles. The van der Waals surface area contributed by atoms with Gasteiger partial charge in [-0.15, -0.1) is 0 Å². The fourth-order valence-corrected chi connectivity index (χ4v) is 3.35. The van der Waals surface area contributed by atoms with E-state index in [1.54, 1.807) is 6.07 Å². The molecule has 1 heterocycles. The summed E-state index contributed by atoms with van der Waals surface area (Å²) in [5, 5.41) is 1.82. The van der Waals surface area contributed by atoms with Crippen molar-refractivity contribution in [3.63, 3.8) is 0 Å². The summed E-state index contributed by atoms with van der Waals surface area (Å²) in [5.74, 6) is 0. The highest BCUT2D eigenvalue weighted by Crippen LogP contribution is 2.25. The summed E-state index contributed by atoms with van der Waals surface area (Å²) in [4.78, 5) is 0. The number of rotatable bonds is 4. The van der Waals surface area contributed by atoms with Crippen LogP contribution in [0.25, 0.3) is 10.9 Å². The lowest BCUT2D eigenvalue weighted by Crippen LogP contribution is -2.09. The number of aromatic nitrogens is 1. The Bertz CT molecular complexity index is 960. The number of nitrogens with zero attached hydrogens (tertiary/aromatic N) is 1. The first-order chi connectivity index (χ1) is 10.8. The molecule has 3 aromatic rings. The van der Waals surface area contributed by atoms with Gasteiger partial charge >= 0.3 is 0 Å². The maximum Gasteiger partial charge on any atom is 0.229 e. The SMILES string of the molecule is Cc1cn(Cc2ccc(Cl)cc2)c2cc(NS(C)(=O)=O)ccc12. The summed E-state index contributed by atoms with van der Waals surface area (Å²) >= 11 is 5.92. The standard InChI is InChI=1S/C17H17ClN2O2S/c1-12-10-20(11-13-3-5-14(18)6-4-13)17-9-15(7-8-16(12)17)19-23(2,21)22/h3-10,19H,11H2,1-2H3. The van der Waals surface area contributed by atoms with Crippen molar-refractivity contribution in [2.75, 3.05) is 11.0 Å². The second-order valence-electron chi connectivity index (χ2n) is 5.67. The molecule has 0 saturated heterocycles. The minimum Gasteiger partial charge on any atom is -0.343 e. The van der Waals surface area contributed by atoms with Gasteiger partial charge in [0.05, 0.1) is 17.5 Å². The molecule has 0 amide bonds. The van der Waals surface area contributed by atoms with Crippen LogP contribution in [0.1, 0.15) is 11.1 Å². The van der Waals surface area contributed by atoms with E-state index in [-0.39, 0.29) is 0 Å². The van der Waals surface area contributed by atoms with E-state index in [0.29, 0.717) is 17.3 Å². The molecular weight excluding hydrogens is 332 g/mol. The van der Waals surface area contributed by atoms with Crippen LogP contribution in [-0.2, 0) is 16.6 Å². The summed E-state index contributed by atoms with van der Waals surface area (Å²) in [7, 11) is -3.29. The van der Waals surface area contributed by atoms with E-state index in [2.05, 4.69) is 15.5 Å². The van der Waals surface area contributed by atoms with Crippen molar-refractivity contribution in [3.05, 3.63) is 64.8 Å². The largest absolute Gasteiger partial charge is 0.343 e. The Morgan fingerprint density at radius 1 is 1.13 bits per heavy atom. The van der Waals surface area contributed by atoms with Gasteiger partial charge in [-0.25, -0.2) is 8.42 Å². The fourth-order valence-electron chi connectivity index (χ4n) is 2.67. The second-order valence-corrected chi connectivity index (χ2v) is 7.86. The third-order valence-electron chi connectivity index (χ3n) is 3.65. The minimum atomic E-state index is -3.29. The van der Waals surface area contributed by atoms with E-state index in [4.69, 9.17) is 11.6 Å². The summed E-state index contributed by atoms with van der Waals surface area (Å²) in [6.45, 7) is 2.74. The van der Waals surface area contributed by atoms with Gasteiger partial charge in [0.2, 0.25) is 10.0 Å². The smallest absolute Gasteiger partial charge is 0.229 e. The summed E-state index contributed by atoms with van der Waals surface area (Å²) in [5.41, 5.74) is 3.84. The van der Waals surface area contributed by atoms with Gasteiger partial charge in [-0.2, -0.15) is 0 Å². The van der Waals surface area contributed by atoms with Crippen LogP contribution < -0.4 is 4.72 Å². The van der Waals surface area contributed by atoms with Crippen LogP contribution in [0.4, 0.5) is 5.69 Å². The first kappa shape index (κ1) is 15.9. The molecule has 3 rings (SSSR count). The average Bonchev–Trinajstić information content (AvgIpc) is 2.76. The molecule has 23 heavy (non-hydrogen) atoms. The number of hydrogen-bond acceptors (Lipinski definition) is 2. The van der Waals surface area contributed by atoms with Gasteiger partial charge in [-0.1, -0.05) is 29.8 Å². The van der Waals surface area contributed by atoms with E-state index in [1.807, 2.05) is 43.3 Å². The van der Waals surface area contributed by atoms with Crippen LogP contribution in [0.3, 0.4) is 0 Å². The molecule has 2 aromatic carbocycles. The second kappa shape index (κ2) is 5.91. The molecule has 6 heteroatoms. The highest BCUT2D eigenvalue weighted by Gasteiger charge is 2.09. The van der Waals surface area contributed by atoms with Gasteiger partial charge in [0, 0.05) is 23.2 Å². The molecule has 1 N–H and O–H groups in total. The molecule has 0 radical (unpaired) electrons. The third kappa shape index (κ3) is 3.68. The normalized spacial score (nSPS) is 11.8. The molecule has 1 aromatic heterocycles.